The molecule has 1 unspecified atom stereocenters. The minimum absolute atomic E-state index is 0.475. The van der Waals surface area contributed by atoms with Crippen LogP contribution in [0.4, 0.5) is 4.79 Å². The summed E-state index contributed by atoms with van der Waals surface area (Å²) in [6.07, 6.45) is 4.61. The maximum absolute atomic E-state index is 11.2. The van der Waals surface area contributed by atoms with Gasteiger partial charge in [0.15, 0.2) is 6.23 Å². The van der Waals surface area contributed by atoms with Gasteiger partial charge in [-0.15, -0.1) is 0 Å². The Kier molecular flexibility index (Phi) is 11.3. The normalized spacial score (nSPS) is 11.1. The Balaban J connectivity index is 0.00000191. The highest BCUT2D eigenvalue weighted by molar-refractivity contribution is 5.63. The first kappa shape index (κ1) is 19.4. The van der Waals surface area contributed by atoms with Gasteiger partial charge in [-0.25, -0.2) is 4.79 Å². The van der Waals surface area contributed by atoms with Gasteiger partial charge in [-0.1, -0.05) is 52.2 Å². The molecule has 0 bridgehead atoms. The molecule has 120 valence electrons. The lowest BCUT2D eigenvalue weighted by Gasteiger charge is -2.08. The SMILES string of the molecule is CC.CCCCCCc1ccc(OC(=O)OC(C)N)cc1. The van der Waals surface area contributed by atoms with Gasteiger partial charge in [0.25, 0.3) is 0 Å². The summed E-state index contributed by atoms with van der Waals surface area (Å²) in [6.45, 7) is 7.77. The van der Waals surface area contributed by atoms with Gasteiger partial charge in [0.05, 0.1) is 0 Å². The summed E-state index contributed by atoms with van der Waals surface area (Å²) in [5.41, 5.74) is 6.58. The van der Waals surface area contributed by atoms with Crippen LogP contribution in [0.5, 0.6) is 5.75 Å². The Hall–Kier alpha value is -1.55. The van der Waals surface area contributed by atoms with Crippen molar-refractivity contribution >= 4 is 6.16 Å². The summed E-state index contributed by atoms with van der Waals surface area (Å²) in [7, 11) is 0. The summed E-state index contributed by atoms with van der Waals surface area (Å²) < 4.78 is 9.67. The van der Waals surface area contributed by atoms with Gasteiger partial charge in [-0.3, -0.25) is 5.73 Å². The lowest BCUT2D eigenvalue weighted by molar-refractivity contribution is 0.0684. The molecule has 0 heterocycles. The topological polar surface area (TPSA) is 61.5 Å². The molecule has 1 rings (SSSR count). The molecule has 1 atom stereocenters. The van der Waals surface area contributed by atoms with E-state index in [0.29, 0.717) is 5.75 Å². The lowest BCUT2D eigenvalue weighted by Crippen LogP contribution is -2.25. The van der Waals surface area contributed by atoms with Crippen molar-refractivity contribution in [3.63, 3.8) is 0 Å². The second-order valence-electron chi connectivity index (χ2n) is 4.63. The average Bonchev–Trinajstić information content (AvgIpc) is 2.46. The zero-order valence-electron chi connectivity index (χ0n) is 13.7. The Labute approximate surface area is 128 Å². The molecule has 0 aliphatic carbocycles. The second-order valence-corrected chi connectivity index (χ2v) is 4.63. The van der Waals surface area contributed by atoms with Gasteiger partial charge in [-0.05, 0) is 37.5 Å². The average molecular weight is 295 g/mol. The summed E-state index contributed by atoms with van der Waals surface area (Å²) in [4.78, 5) is 11.2. The molecule has 0 spiro atoms. The highest BCUT2D eigenvalue weighted by Gasteiger charge is 2.08. The standard InChI is InChI=1S/C15H23NO3.C2H6/c1-3-4-5-6-7-13-8-10-14(11-9-13)19-15(17)18-12(2)16;1-2/h8-12H,3-7,16H2,1-2H3;1-2H3. The van der Waals surface area contributed by atoms with E-state index in [4.69, 9.17) is 15.2 Å². The fourth-order valence-electron chi connectivity index (χ4n) is 1.75. The number of benzene rings is 1. The van der Waals surface area contributed by atoms with Crippen LogP contribution in [-0.2, 0) is 11.2 Å². The quantitative estimate of drug-likeness (QED) is 0.344. The molecule has 0 saturated heterocycles. The number of hydrogen-bond acceptors (Lipinski definition) is 4. The van der Waals surface area contributed by atoms with Crippen molar-refractivity contribution in [2.45, 2.75) is 66.0 Å². The monoisotopic (exact) mass is 295 g/mol. The fraction of sp³-hybridized carbons (Fsp3) is 0.588. The smallest absolute Gasteiger partial charge is 0.415 e. The first-order valence-electron chi connectivity index (χ1n) is 7.84. The predicted molar refractivity (Wildman–Crippen MR) is 86.4 cm³/mol. The minimum Gasteiger partial charge on any atom is -0.415 e. The lowest BCUT2D eigenvalue weighted by atomic mass is 10.1. The van der Waals surface area contributed by atoms with Crippen LogP contribution in [0.1, 0.15) is 58.9 Å². The molecule has 1 aromatic carbocycles. The van der Waals surface area contributed by atoms with Crippen molar-refractivity contribution in [3.05, 3.63) is 29.8 Å². The van der Waals surface area contributed by atoms with Crippen LogP contribution in [0.25, 0.3) is 0 Å². The zero-order valence-corrected chi connectivity index (χ0v) is 13.7. The Morgan fingerprint density at radius 2 is 1.76 bits per heavy atom. The first-order valence-corrected chi connectivity index (χ1v) is 7.84. The third-order valence-electron chi connectivity index (χ3n) is 2.73. The summed E-state index contributed by atoms with van der Waals surface area (Å²) in [6, 6.07) is 7.50. The van der Waals surface area contributed by atoms with Crippen molar-refractivity contribution in [2.75, 3.05) is 0 Å². The number of carbonyl (C=O) groups is 1. The molecule has 0 radical (unpaired) electrons. The highest BCUT2D eigenvalue weighted by atomic mass is 16.7. The largest absolute Gasteiger partial charge is 0.515 e. The molecule has 0 amide bonds. The van der Waals surface area contributed by atoms with Crippen LogP contribution in [0.15, 0.2) is 24.3 Å². The zero-order chi connectivity index (χ0) is 16.1. The number of rotatable bonds is 7. The van der Waals surface area contributed by atoms with E-state index in [1.165, 1.54) is 31.2 Å². The molecular weight excluding hydrogens is 266 g/mol. The van der Waals surface area contributed by atoms with E-state index < -0.39 is 12.4 Å². The van der Waals surface area contributed by atoms with Gasteiger partial charge in [-0.2, -0.15) is 0 Å². The predicted octanol–water partition coefficient (Wildman–Crippen LogP) is 4.66. The highest BCUT2D eigenvalue weighted by Crippen LogP contribution is 2.15. The number of aryl methyl sites for hydroxylation is 1. The van der Waals surface area contributed by atoms with E-state index in [2.05, 4.69) is 6.92 Å². The molecular formula is C17H29NO3. The van der Waals surface area contributed by atoms with Crippen molar-refractivity contribution in [3.8, 4) is 5.75 Å². The van der Waals surface area contributed by atoms with Gasteiger partial charge in [0.1, 0.15) is 5.75 Å². The van der Waals surface area contributed by atoms with E-state index in [1.807, 2.05) is 26.0 Å². The van der Waals surface area contributed by atoms with Crippen LogP contribution in [0.2, 0.25) is 0 Å². The first-order chi connectivity index (χ1) is 10.1. The van der Waals surface area contributed by atoms with Crippen molar-refractivity contribution in [1.82, 2.24) is 0 Å². The summed E-state index contributed by atoms with van der Waals surface area (Å²) >= 11 is 0. The van der Waals surface area contributed by atoms with Crippen molar-refractivity contribution in [1.29, 1.82) is 0 Å². The van der Waals surface area contributed by atoms with Crippen LogP contribution in [0, 0.1) is 0 Å². The Morgan fingerprint density at radius 3 is 2.29 bits per heavy atom. The third-order valence-corrected chi connectivity index (χ3v) is 2.73. The van der Waals surface area contributed by atoms with E-state index >= 15 is 0 Å². The van der Waals surface area contributed by atoms with Crippen LogP contribution in [0.3, 0.4) is 0 Å². The minimum atomic E-state index is -0.773. The molecule has 1 aromatic rings. The second kappa shape index (κ2) is 12.2. The number of ether oxygens (including phenoxy) is 2. The number of unbranched alkanes of at least 4 members (excludes halogenated alkanes) is 3. The van der Waals surface area contributed by atoms with Gasteiger partial charge < -0.3 is 9.47 Å². The summed E-state index contributed by atoms with van der Waals surface area (Å²) in [5, 5.41) is 0. The van der Waals surface area contributed by atoms with E-state index in [1.54, 1.807) is 19.1 Å². The molecule has 4 nitrogen and oxygen atoms in total. The van der Waals surface area contributed by atoms with Gasteiger partial charge in [0.2, 0.25) is 0 Å². The van der Waals surface area contributed by atoms with E-state index in [9.17, 15) is 4.79 Å². The molecule has 4 heteroatoms. The molecule has 0 aromatic heterocycles. The molecule has 0 aliphatic heterocycles. The molecule has 0 saturated carbocycles. The maximum atomic E-state index is 11.2. The number of carbonyl (C=O) groups excluding carboxylic acids is 1. The number of nitrogens with two attached hydrogens (primary N) is 1. The third kappa shape index (κ3) is 9.91. The van der Waals surface area contributed by atoms with Crippen LogP contribution < -0.4 is 10.5 Å². The molecule has 2 N–H and O–H groups in total. The van der Waals surface area contributed by atoms with Crippen molar-refractivity contribution in [2.24, 2.45) is 5.73 Å². The number of hydrogen-bond donors (Lipinski definition) is 1. The van der Waals surface area contributed by atoms with E-state index in [-0.39, 0.29) is 0 Å². The Morgan fingerprint density at radius 1 is 1.14 bits per heavy atom. The fourth-order valence-corrected chi connectivity index (χ4v) is 1.75. The van der Waals surface area contributed by atoms with Gasteiger partial charge >= 0.3 is 6.16 Å². The molecule has 0 fully saturated rings. The van der Waals surface area contributed by atoms with E-state index in [0.717, 1.165) is 6.42 Å². The van der Waals surface area contributed by atoms with Gasteiger partial charge in [0, 0.05) is 0 Å². The van der Waals surface area contributed by atoms with Crippen LogP contribution >= 0.6 is 0 Å². The Bertz CT molecular complexity index is 374. The molecule has 21 heavy (non-hydrogen) atoms. The maximum Gasteiger partial charge on any atom is 0.515 e. The molecule has 0 aliphatic rings. The van der Waals surface area contributed by atoms with Crippen molar-refractivity contribution < 1.29 is 14.3 Å². The van der Waals surface area contributed by atoms with Crippen LogP contribution in [-0.4, -0.2) is 12.4 Å². The summed E-state index contributed by atoms with van der Waals surface area (Å²) in [5.74, 6) is 0.475.